The highest BCUT2D eigenvalue weighted by molar-refractivity contribution is 7.45. The van der Waals surface area contributed by atoms with Crippen molar-refractivity contribution in [1.29, 1.82) is 0 Å². The lowest BCUT2D eigenvalue weighted by atomic mass is 9.76. The van der Waals surface area contributed by atoms with Gasteiger partial charge in [0.15, 0.2) is 0 Å². The Balaban J connectivity index is 1.88. The first-order chi connectivity index (χ1) is 16.8. The molecule has 4 rings (SSSR count). The van der Waals surface area contributed by atoms with Crippen molar-refractivity contribution in [3.05, 3.63) is 58.7 Å². The second-order valence-corrected chi connectivity index (χ2v) is 16.3. The first kappa shape index (κ1) is 27.6. The Morgan fingerprint density at radius 3 is 1.74 bits per heavy atom. The molecule has 0 amide bonds. The maximum Gasteiger partial charge on any atom is 0.0413 e. The predicted molar refractivity (Wildman–Crippen MR) is 163 cm³/mol. The second-order valence-electron chi connectivity index (χ2n) is 12.6. The molecule has 35 heavy (non-hydrogen) atoms. The van der Waals surface area contributed by atoms with Gasteiger partial charge in [-0.1, -0.05) is 117 Å². The van der Waals surface area contributed by atoms with Crippen LogP contribution in [-0.4, -0.2) is 17.0 Å². The zero-order valence-electron chi connectivity index (χ0n) is 23.5. The molecular weight excluding hydrogens is 458 g/mol. The zero-order valence-corrected chi connectivity index (χ0v) is 25.5. The molecule has 3 aliphatic carbocycles. The van der Waals surface area contributed by atoms with Crippen molar-refractivity contribution >= 4 is 17.2 Å². The Morgan fingerprint density at radius 2 is 1.23 bits per heavy atom. The third kappa shape index (κ3) is 6.35. The topological polar surface area (TPSA) is 0 Å². The van der Waals surface area contributed by atoms with Gasteiger partial charge in [0, 0.05) is 10.8 Å². The molecule has 1 aromatic rings. The quantitative estimate of drug-likeness (QED) is 0.305. The Labute approximate surface area is 221 Å². The molecule has 0 aromatic heterocycles. The molecule has 194 valence electrons. The van der Waals surface area contributed by atoms with Crippen molar-refractivity contribution in [2.24, 2.45) is 0 Å². The summed E-state index contributed by atoms with van der Waals surface area (Å²) < 4.78 is 0. The van der Waals surface area contributed by atoms with Crippen LogP contribution in [0, 0.1) is 0 Å². The number of rotatable bonds is 8. The maximum absolute atomic E-state index is 2.72. The summed E-state index contributed by atoms with van der Waals surface area (Å²) in [5.74, 6) is 1.71. The molecule has 0 N–H and O–H groups in total. The fourth-order valence-electron chi connectivity index (χ4n) is 6.82. The van der Waals surface area contributed by atoms with E-state index in [-0.39, 0.29) is 5.16 Å². The van der Waals surface area contributed by atoms with Crippen molar-refractivity contribution in [3.63, 3.8) is 0 Å². The van der Waals surface area contributed by atoms with Crippen molar-refractivity contribution in [2.45, 2.75) is 146 Å². The third-order valence-electron chi connectivity index (χ3n) is 8.88. The van der Waals surface area contributed by atoms with E-state index in [0.29, 0.717) is 23.4 Å². The summed E-state index contributed by atoms with van der Waals surface area (Å²) in [5, 5.41) is 0.196. The van der Waals surface area contributed by atoms with Gasteiger partial charge in [-0.2, -0.15) is 0 Å². The van der Waals surface area contributed by atoms with Gasteiger partial charge in [-0.3, -0.25) is 0 Å². The lowest BCUT2D eigenvalue weighted by Gasteiger charge is -2.47. The Morgan fingerprint density at radius 1 is 0.686 bits per heavy atom. The molecule has 0 heterocycles. The molecule has 1 aromatic carbocycles. The highest BCUT2D eigenvalue weighted by Gasteiger charge is 2.44. The first-order valence-corrected chi connectivity index (χ1v) is 17.1. The van der Waals surface area contributed by atoms with Gasteiger partial charge in [-0.15, -0.1) is 17.2 Å². The second kappa shape index (κ2) is 12.4. The van der Waals surface area contributed by atoms with Crippen molar-refractivity contribution in [3.8, 4) is 0 Å². The fraction of sp³-hybridized carbons (Fsp3) is 0.697. The summed E-state index contributed by atoms with van der Waals surface area (Å²) in [6, 6.07) is 5.24. The monoisotopic (exact) mass is 510 g/mol. The summed E-state index contributed by atoms with van der Waals surface area (Å²) in [4.78, 5) is 0. The average molecular weight is 511 g/mol. The van der Waals surface area contributed by atoms with Crippen LogP contribution in [-0.2, 0) is 5.16 Å². The Kier molecular flexibility index (Phi) is 9.78. The lowest BCUT2D eigenvalue weighted by Crippen LogP contribution is -2.37. The van der Waals surface area contributed by atoms with Gasteiger partial charge in [0.05, 0.1) is 0 Å². The van der Waals surface area contributed by atoms with Crippen LogP contribution in [0.4, 0.5) is 0 Å². The molecule has 0 spiro atoms. The van der Waals surface area contributed by atoms with E-state index in [1.165, 1.54) is 64.2 Å². The molecule has 0 saturated heterocycles. The van der Waals surface area contributed by atoms with Gasteiger partial charge >= 0.3 is 0 Å². The van der Waals surface area contributed by atoms with Crippen LogP contribution in [0.25, 0.3) is 0 Å². The summed E-state index contributed by atoms with van der Waals surface area (Å²) >= 11 is 0. The predicted octanol–water partition coefficient (Wildman–Crippen LogP) is 10.8. The van der Waals surface area contributed by atoms with Crippen LogP contribution in [0.5, 0.6) is 0 Å². The largest absolute Gasteiger partial charge is 0.110 e. The van der Waals surface area contributed by atoms with E-state index in [4.69, 9.17) is 0 Å². The minimum Gasteiger partial charge on any atom is -0.110 e. The standard InChI is InChI=1S/C33H52P2/c1-23(2)26-21-29(24(3)4)32(30(22-26)25(5)6)33(35-28-17-11-8-12-18-28)20-14-13-19-31(33)34-27-15-9-7-10-16-27/h13-14,19-25,27-28,31,34-35H,7-12,15-18H2,1-6H3. The highest BCUT2D eigenvalue weighted by atomic mass is 31.1. The summed E-state index contributed by atoms with van der Waals surface area (Å²) in [6.45, 7) is 14.5. The zero-order chi connectivity index (χ0) is 25.0. The number of hydrogen-bond acceptors (Lipinski definition) is 0. The molecular formula is C33H52P2. The van der Waals surface area contributed by atoms with Gasteiger partial charge < -0.3 is 0 Å². The normalized spacial score (nSPS) is 27.1. The van der Waals surface area contributed by atoms with Crippen molar-refractivity contribution < 1.29 is 0 Å². The van der Waals surface area contributed by atoms with Crippen LogP contribution in [0.1, 0.15) is 146 Å². The van der Waals surface area contributed by atoms with E-state index in [9.17, 15) is 0 Å². The van der Waals surface area contributed by atoms with Gasteiger partial charge in [-0.25, -0.2) is 0 Å². The fourth-order valence-corrected chi connectivity index (χ4v) is 11.6. The number of allylic oxidation sites excluding steroid dienone is 4. The summed E-state index contributed by atoms with van der Waals surface area (Å²) in [7, 11) is 2.09. The molecule has 3 aliphatic rings. The smallest absolute Gasteiger partial charge is 0.0413 e. The first-order valence-electron chi connectivity index (χ1n) is 14.9. The van der Waals surface area contributed by atoms with Gasteiger partial charge in [0.1, 0.15) is 0 Å². The molecule has 0 radical (unpaired) electrons. The summed E-state index contributed by atoms with van der Waals surface area (Å²) in [6.07, 6.45) is 24.8. The van der Waals surface area contributed by atoms with E-state index in [1.54, 1.807) is 22.3 Å². The molecule has 4 unspecified atom stereocenters. The molecule has 2 fully saturated rings. The van der Waals surface area contributed by atoms with Crippen LogP contribution in [0.15, 0.2) is 36.4 Å². The SMILES string of the molecule is CC(C)c1cc(C(C)C)c(C2(PC3CCCCC3)C=CC=CC2PC2CCCCC2)c(C(C)C)c1. The average Bonchev–Trinajstić information content (AvgIpc) is 2.85. The molecule has 0 aliphatic heterocycles. The summed E-state index contributed by atoms with van der Waals surface area (Å²) in [5.41, 5.74) is 9.13. The lowest BCUT2D eigenvalue weighted by molar-refractivity contribution is 0.505. The van der Waals surface area contributed by atoms with E-state index >= 15 is 0 Å². The van der Waals surface area contributed by atoms with E-state index < -0.39 is 0 Å². The minimum absolute atomic E-state index is 0.196. The van der Waals surface area contributed by atoms with E-state index in [2.05, 4.69) is 78.0 Å². The third-order valence-corrected chi connectivity index (χ3v) is 13.4. The molecule has 2 heteroatoms. The van der Waals surface area contributed by atoms with Gasteiger partial charge in [-0.05, 0) is 77.0 Å². The molecule has 0 nitrogen and oxygen atoms in total. The van der Waals surface area contributed by atoms with Crippen LogP contribution < -0.4 is 0 Å². The van der Waals surface area contributed by atoms with Crippen molar-refractivity contribution in [1.82, 2.24) is 0 Å². The minimum atomic E-state index is 0.196. The highest BCUT2D eigenvalue weighted by Crippen LogP contribution is 2.61. The molecule has 4 atom stereocenters. The van der Waals surface area contributed by atoms with Gasteiger partial charge in [0.25, 0.3) is 0 Å². The Bertz CT molecular complexity index is 851. The van der Waals surface area contributed by atoms with Crippen LogP contribution in [0.3, 0.4) is 0 Å². The molecule has 0 bridgehead atoms. The number of hydrogen-bond donors (Lipinski definition) is 0. The maximum atomic E-state index is 2.72. The van der Waals surface area contributed by atoms with Gasteiger partial charge in [0.2, 0.25) is 0 Å². The van der Waals surface area contributed by atoms with E-state index in [0.717, 1.165) is 28.5 Å². The Hall–Kier alpha value is -0.440. The van der Waals surface area contributed by atoms with Crippen molar-refractivity contribution in [2.75, 3.05) is 0 Å². The van der Waals surface area contributed by atoms with Crippen LogP contribution in [0.2, 0.25) is 0 Å². The number of benzene rings is 1. The van der Waals surface area contributed by atoms with E-state index in [1.807, 2.05) is 0 Å². The van der Waals surface area contributed by atoms with Crippen LogP contribution >= 0.6 is 17.2 Å². The molecule has 2 saturated carbocycles.